The monoisotopic (exact) mass is 338 g/mol. The summed E-state index contributed by atoms with van der Waals surface area (Å²) < 4.78 is 5.50. The number of aromatic nitrogens is 2. The van der Waals surface area contributed by atoms with Crippen LogP contribution >= 0.6 is 11.6 Å². The predicted octanol–water partition coefficient (Wildman–Crippen LogP) is 2.89. The smallest absolute Gasteiger partial charge is 0.410 e. The Morgan fingerprint density at radius 1 is 1.35 bits per heavy atom. The van der Waals surface area contributed by atoms with Gasteiger partial charge in [-0.3, -0.25) is 0 Å². The normalized spacial score (nSPS) is 21.3. The molecule has 1 aromatic rings. The van der Waals surface area contributed by atoms with Gasteiger partial charge in [-0.05, 0) is 46.1 Å². The third kappa shape index (κ3) is 3.68. The number of likely N-dealkylation sites (tertiary alicyclic amines) is 1. The first-order valence-corrected chi connectivity index (χ1v) is 8.48. The minimum absolute atomic E-state index is 0.233. The van der Waals surface area contributed by atoms with Crippen molar-refractivity contribution in [2.24, 2.45) is 0 Å². The highest BCUT2D eigenvalue weighted by Gasteiger charge is 2.34. The highest BCUT2D eigenvalue weighted by Crippen LogP contribution is 2.31. The molecule has 1 atom stereocenters. The van der Waals surface area contributed by atoms with E-state index in [1.807, 2.05) is 26.8 Å². The molecule has 3 heterocycles. The molecule has 23 heavy (non-hydrogen) atoms. The standard InChI is InChI=1S/C16H23ClN4O2/c1-16(2,3)23-15(22)20-7-4-5-12(10-20)21-8-6-11-9-13(17)18-19-14(11)21/h9,12H,4-8,10H2,1-3H3/t12-/m1/s1. The molecule has 0 aliphatic carbocycles. The van der Waals surface area contributed by atoms with Gasteiger partial charge in [0.05, 0.1) is 0 Å². The van der Waals surface area contributed by atoms with Crippen LogP contribution in [0.4, 0.5) is 10.6 Å². The molecule has 7 heteroatoms. The van der Waals surface area contributed by atoms with E-state index in [-0.39, 0.29) is 12.1 Å². The van der Waals surface area contributed by atoms with Crippen molar-refractivity contribution in [3.63, 3.8) is 0 Å². The number of nitrogens with zero attached hydrogens (tertiary/aromatic N) is 4. The maximum absolute atomic E-state index is 12.3. The maximum atomic E-state index is 12.3. The zero-order valence-corrected chi connectivity index (χ0v) is 14.6. The average Bonchev–Trinajstić information content (AvgIpc) is 2.88. The lowest BCUT2D eigenvalue weighted by molar-refractivity contribution is 0.0198. The molecule has 1 fully saturated rings. The van der Waals surface area contributed by atoms with Crippen molar-refractivity contribution in [3.8, 4) is 0 Å². The summed E-state index contributed by atoms with van der Waals surface area (Å²) >= 11 is 5.92. The van der Waals surface area contributed by atoms with E-state index in [9.17, 15) is 4.79 Å². The van der Waals surface area contributed by atoms with Crippen molar-refractivity contribution in [2.45, 2.75) is 51.7 Å². The number of carbonyl (C=O) groups excluding carboxylic acids is 1. The summed E-state index contributed by atoms with van der Waals surface area (Å²) in [6, 6.07) is 2.14. The van der Waals surface area contributed by atoms with Crippen LogP contribution in [0, 0.1) is 0 Å². The highest BCUT2D eigenvalue weighted by atomic mass is 35.5. The summed E-state index contributed by atoms with van der Waals surface area (Å²) in [7, 11) is 0. The lowest BCUT2D eigenvalue weighted by Gasteiger charge is -2.38. The first-order chi connectivity index (χ1) is 10.8. The Labute approximate surface area is 141 Å². The second kappa shape index (κ2) is 6.15. The Balaban J connectivity index is 1.70. The van der Waals surface area contributed by atoms with Crippen molar-refractivity contribution in [3.05, 3.63) is 16.8 Å². The number of carbonyl (C=O) groups is 1. The first-order valence-electron chi connectivity index (χ1n) is 8.10. The van der Waals surface area contributed by atoms with Crippen molar-refractivity contribution in [1.29, 1.82) is 0 Å². The van der Waals surface area contributed by atoms with Crippen LogP contribution in [-0.4, -0.2) is 52.5 Å². The quantitative estimate of drug-likeness (QED) is 0.788. The van der Waals surface area contributed by atoms with Crippen LogP contribution in [0.15, 0.2) is 6.07 Å². The van der Waals surface area contributed by atoms with E-state index in [4.69, 9.17) is 16.3 Å². The van der Waals surface area contributed by atoms with Gasteiger partial charge in [0.2, 0.25) is 0 Å². The Morgan fingerprint density at radius 2 is 2.13 bits per heavy atom. The molecule has 6 nitrogen and oxygen atoms in total. The van der Waals surface area contributed by atoms with Gasteiger partial charge in [0.15, 0.2) is 11.0 Å². The van der Waals surface area contributed by atoms with Crippen molar-refractivity contribution < 1.29 is 9.53 Å². The summed E-state index contributed by atoms with van der Waals surface area (Å²) in [4.78, 5) is 16.4. The lowest BCUT2D eigenvalue weighted by Crippen LogP contribution is -2.50. The minimum Gasteiger partial charge on any atom is -0.444 e. The summed E-state index contributed by atoms with van der Waals surface area (Å²) in [6.45, 7) is 7.99. The fraction of sp³-hybridized carbons (Fsp3) is 0.688. The van der Waals surface area contributed by atoms with Crippen molar-refractivity contribution in [2.75, 3.05) is 24.5 Å². The Morgan fingerprint density at radius 3 is 2.87 bits per heavy atom. The van der Waals surface area contributed by atoms with Crippen LogP contribution in [0.5, 0.6) is 0 Å². The number of amides is 1. The lowest BCUT2D eigenvalue weighted by atomic mass is 10.0. The Bertz CT molecular complexity index is 602. The summed E-state index contributed by atoms with van der Waals surface area (Å²) in [6.07, 6.45) is 2.71. The molecule has 0 bridgehead atoms. The number of halogens is 1. The fourth-order valence-corrected chi connectivity index (χ4v) is 3.40. The third-order valence-corrected chi connectivity index (χ3v) is 4.39. The SMILES string of the molecule is CC(C)(C)OC(=O)N1CCC[C@@H](N2CCc3cc(Cl)nnc32)C1. The van der Waals surface area contributed by atoms with Crippen LogP contribution in [0.25, 0.3) is 0 Å². The summed E-state index contributed by atoms with van der Waals surface area (Å²) in [5, 5.41) is 8.66. The maximum Gasteiger partial charge on any atom is 0.410 e. The van der Waals surface area contributed by atoms with E-state index in [1.165, 1.54) is 0 Å². The fourth-order valence-electron chi connectivity index (χ4n) is 3.23. The molecule has 0 unspecified atom stereocenters. The number of hydrogen-bond acceptors (Lipinski definition) is 5. The number of ether oxygens (including phenoxy) is 1. The summed E-state index contributed by atoms with van der Waals surface area (Å²) in [5.41, 5.74) is 0.673. The van der Waals surface area contributed by atoms with Crippen molar-refractivity contribution in [1.82, 2.24) is 15.1 Å². The van der Waals surface area contributed by atoms with E-state index in [1.54, 1.807) is 4.90 Å². The Kier molecular flexibility index (Phi) is 4.36. The minimum atomic E-state index is -0.466. The number of rotatable bonds is 1. The molecule has 2 aliphatic rings. The number of hydrogen-bond donors (Lipinski definition) is 0. The van der Waals surface area contributed by atoms with Gasteiger partial charge < -0.3 is 14.5 Å². The molecule has 3 rings (SSSR count). The van der Waals surface area contributed by atoms with Gasteiger partial charge in [-0.15, -0.1) is 10.2 Å². The van der Waals surface area contributed by atoms with Gasteiger partial charge in [0.25, 0.3) is 0 Å². The molecule has 1 amide bonds. The third-order valence-electron chi connectivity index (χ3n) is 4.20. The Hall–Kier alpha value is -1.56. The van der Waals surface area contributed by atoms with E-state index in [2.05, 4.69) is 15.1 Å². The molecule has 1 aromatic heterocycles. The van der Waals surface area contributed by atoms with Crippen LogP contribution in [-0.2, 0) is 11.2 Å². The zero-order chi connectivity index (χ0) is 16.6. The molecule has 0 radical (unpaired) electrons. The van der Waals surface area contributed by atoms with Crippen LogP contribution in [0.2, 0.25) is 5.15 Å². The zero-order valence-electron chi connectivity index (χ0n) is 13.9. The second-order valence-electron chi connectivity index (χ2n) is 7.18. The largest absolute Gasteiger partial charge is 0.444 e. The van der Waals surface area contributed by atoms with Gasteiger partial charge in [-0.2, -0.15) is 0 Å². The van der Waals surface area contributed by atoms with Crippen molar-refractivity contribution >= 4 is 23.5 Å². The van der Waals surface area contributed by atoms with Gasteiger partial charge in [0.1, 0.15) is 5.60 Å². The molecular weight excluding hydrogens is 316 g/mol. The average molecular weight is 339 g/mol. The topological polar surface area (TPSA) is 58.6 Å². The van der Waals surface area contributed by atoms with Gasteiger partial charge >= 0.3 is 6.09 Å². The highest BCUT2D eigenvalue weighted by molar-refractivity contribution is 6.29. The molecule has 0 saturated carbocycles. The van der Waals surface area contributed by atoms with Crippen LogP contribution < -0.4 is 4.90 Å². The molecule has 2 aliphatic heterocycles. The van der Waals surface area contributed by atoms with E-state index >= 15 is 0 Å². The van der Waals surface area contributed by atoms with Crippen LogP contribution in [0.3, 0.4) is 0 Å². The number of anilines is 1. The van der Waals surface area contributed by atoms with Gasteiger partial charge in [0, 0.05) is 31.2 Å². The molecule has 126 valence electrons. The van der Waals surface area contributed by atoms with E-state index in [0.29, 0.717) is 11.7 Å². The number of fused-ring (bicyclic) bond motifs is 1. The summed E-state index contributed by atoms with van der Waals surface area (Å²) in [5.74, 6) is 0.908. The molecule has 0 spiro atoms. The second-order valence-corrected chi connectivity index (χ2v) is 7.57. The molecule has 0 N–H and O–H groups in total. The van der Waals surface area contributed by atoms with Gasteiger partial charge in [-0.25, -0.2) is 4.79 Å². The van der Waals surface area contributed by atoms with Gasteiger partial charge in [-0.1, -0.05) is 11.6 Å². The molecule has 1 saturated heterocycles. The first kappa shape index (κ1) is 16.3. The molecular formula is C16H23ClN4O2. The van der Waals surface area contributed by atoms with Crippen LogP contribution in [0.1, 0.15) is 39.2 Å². The van der Waals surface area contributed by atoms with E-state index < -0.39 is 5.60 Å². The number of piperidine rings is 1. The molecule has 0 aromatic carbocycles. The predicted molar refractivity (Wildman–Crippen MR) is 88.9 cm³/mol. The van der Waals surface area contributed by atoms with E-state index in [0.717, 1.165) is 43.7 Å².